The van der Waals surface area contributed by atoms with Crippen molar-refractivity contribution in [2.24, 2.45) is 0 Å². The van der Waals surface area contributed by atoms with Crippen molar-refractivity contribution in [2.45, 2.75) is 26.7 Å². The number of hydrogen-bond acceptors (Lipinski definition) is 6. The Morgan fingerprint density at radius 3 is 2.68 bits per heavy atom. The molecule has 0 aliphatic rings. The van der Waals surface area contributed by atoms with Crippen molar-refractivity contribution in [1.82, 2.24) is 15.3 Å². The first-order chi connectivity index (χ1) is 13.4. The zero-order valence-electron chi connectivity index (χ0n) is 15.9. The SMILES string of the molecule is Cc1nc2sc(C(=O)OCC(=O)NC[C@H](C)c3ccccc3)c(C)c2c(=O)[nH]1. The number of hydrogen-bond donors (Lipinski definition) is 2. The summed E-state index contributed by atoms with van der Waals surface area (Å²) in [5.41, 5.74) is 1.34. The van der Waals surface area contributed by atoms with Crippen molar-refractivity contribution in [3.05, 3.63) is 62.5 Å². The number of esters is 1. The van der Waals surface area contributed by atoms with Crippen molar-refractivity contribution in [3.63, 3.8) is 0 Å². The van der Waals surface area contributed by atoms with E-state index < -0.39 is 5.97 Å². The molecule has 0 spiro atoms. The van der Waals surface area contributed by atoms with Crippen LogP contribution >= 0.6 is 11.3 Å². The Labute approximate surface area is 165 Å². The minimum Gasteiger partial charge on any atom is -0.451 e. The molecule has 146 valence electrons. The normalized spacial score (nSPS) is 12.0. The van der Waals surface area contributed by atoms with Gasteiger partial charge in [-0.2, -0.15) is 0 Å². The van der Waals surface area contributed by atoms with Gasteiger partial charge < -0.3 is 15.0 Å². The van der Waals surface area contributed by atoms with Gasteiger partial charge in [-0.3, -0.25) is 9.59 Å². The van der Waals surface area contributed by atoms with Crippen molar-refractivity contribution in [3.8, 4) is 0 Å². The van der Waals surface area contributed by atoms with Crippen molar-refractivity contribution >= 4 is 33.4 Å². The highest BCUT2D eigenvalue weighted by atomic mass is 32.1. The number of carbonyl (C=O) groups excluding carboxylic acids is 2. The van der Waals surface area contributed by atoms with E-state index in [4.69, 9.17) is 4.74 Å². The van der Waals surface area contributed by atoms with Crippen LogP contribution in [0.5, 0.6) is 0 Å². The summed E-state index contributed by atoms with van der Waals surface area (Å²) in [7, 11) is 0. The summed E-state index contributed by atoms with van der Waals surface area (Å²) in [6.45, 7) is 5.42. The van der Waals surface area contributed by atoms with E-state index in [1.54, 1.807) is 13.8 Å². The molecule has 2 heterocycles. The monoisotopic (exact) mass is 399 g/mol. The van der Waals surface area contributed by atoms with Crippen molar-refractivity contribution < 1.29 is 14.3 Å². The van der Waals surface area contributed by atoms with Crippen LogP contribution in [0.25, 0.3) is 10.2 Å². The number of ether oxygens (including phenoxy) is 1. The fourth-order valence-electron chi connectivity index (χ4n) is 2.86. The maximum Gasteiger partial charge on any atom is 0.349 e. The van der Waals surface area contributed by atoms with Gasteiger partial charge >= 0.3 is 5.97 Å². The molecule has 2 N–H and O–H groups in total. The van der Waals surface area contributed by atoms with Gasteiger partial charge in [-0.05, 0) is 30.9 Å². The Morgan fingerprint density at radius 2 is 1.96 bits per heavy atom. The second-order valence-corrected chi connectivity index (χ2v) is 7.58. The van der Waals surface area contributed by atoms with Crippen LogP contribution in [0.1, 0.15) is 39.5 Å². The first-order valence-corrected chi connectivity index (χ1v) is 9.67. The van der Waals surface area contributed by atoms with Gasteiger partial charge in [-0.25, -0.2) is 9.78 Å². The average molecular weight is 399 g/mol. The number of thiophene rings is 1. The first-order valence-electron chi connectivity index (χ1n) is 8.85. The lowest BCUT2D eigenvalue weighted by Gasteiger charge is -2.13. The van der Waals surface area contributed by atoms with E-state index in [0.717, 1.165) is 16.9 Å². The van der Waals surface area contributed by atoms with Crippen LogP contribution in [0.15, 0.2) is 35.1 Å². The number of amides is 1. The quantitative estimate of drug-likeness (QED) is 0.621. The molecule has 0 aliphatic carbocycles. The van der Waals surface area contributed by atoms with Gasteiger partial charge in [0, 0.05) is 6.54 Å². The van der Waals surface area contributed by atoms with E-state index >= 15 is 0 Å². The van der Waals surface area contributed by atoms with E-state index in [1.165, 1.54) is 0 Å². The maximum atomic E-state index is 12.4. The number of fused-ring (bicyclic) bond motifs is 1. The molecule has 2 aromatic heterocycles. The first kappa shape index (κ1) is 19.8. The van der Waals surface area contributed by atoms with Crippen LogP contribution in [-0.2, 0) is 9.53 Å². The van der Waals surface area contributed by atoms with Crippen LogP contribution in [0.3, 0.4) is 0 Å². The number of aromatic nitrogens is 2. The highest BCUT2D eigenvalue weighted by Crippen LogP contribution is 2.27. The lowest BCUT2D eigenvalue weighted by molar-refractivity contribution is -0.124. The number of nitrogens with zero attached hydrogens (tertiary/aromatic N) is 1. The number of rotatable bonds is 6. The number of H-pyrrole nitrogens is 1. The summed E-state index contributed by atoms with van der Waals surface area (Å²) < 4.78 is 5.13. The Hall–Kier alpha value is -3.00. The molecule has 3 aromatic rings. The second kappa shape index (κ2) is 8.35. The Morgan fingerprint density at radius 1 is 1.25 bits per heavy atom. The largest absolute Gasteiger partial charge is 0.451 e. The lowest BCUT2D eigenvalue weighted by atomic mass is 10.0. The maximum absolute atomic E-state index is 12.4. The fraction of sp³-hybridized carbons (Fsp3) is 0.300. The van der Waals surface area contributed by atoms with E-state index in [9.17, 15) is 14.4 Å². The molecule has 3 rings (SSSR count). The smallest absolute Gasteiger partial charge is 0.349 e. The van der Waals surface area contributed by atoms with E-state index in [1.807, 2.05) is 37.3 Å². The summed E-state index contributed by atoms with van der Waals surface area (Å²) >= 11 is 1.09. The molecule has 0 unspecified atom stereocenters. The van der Waals surface area contributed by atoms with Crippen LogP contribution in [0, 0.1) is 13.8 Å². The molecule has 0 fully saturated rings. The van der Waals surface area contributed by atoms with Gasteiger partial charge in [0.15, 0.2) is 6.61 Å². The second-order valence-electron chi connectivity index (χ2n) is 6.58. The zero-order chi connectivity index (χ0) is 20.3. The number of benzene rings is 1. The number of carbonyl (C=O) groups is 2. The number of aromatic amines is 1. The van der Waals surface area contributed by atoms with Gasteiger partial charge in [0.25, 0.3) is 11.5 Å². The van der Waals surface area contributed by atoms with E-state index in [0.29, 0.717) is 28.1 Å². The third kappa shape index (κ3) is 4.28. The third-order valence-electron chi connectivity index (χ3n) is 4.41. The molecule has 28 heavy (non-hydrogen) atoms. The van der Waals surface area contributed by atoms with Gasteiger partial charge in [-0.1, -0.05) is 37.3 Å². The van der Waals surface area contributed by atoms with Crippen molar-refractivity contribution in [2.75, 3.05) is 13.2 Å². The fourth-order valence-corrected chi connectivity index (χ4v) is 3.98. The molecule has 1 atom stereocenters. The highest BCUT2D eigenvalue weighted by molar-refractivity contribution is 7.20. The third-order valence-corrected chi connectivity index (χ3v) is 5.58. The Kier molecular flexibility index (Phi) is 5.89. The molecule has 0 saturated carbocycles. The Balaban J connectivity index is 1.59. The molecule has 1 aromatic carbocycles. The summed E-state index contributed by atoms with van der Waals surface area (Å²) in [5, 5.41) is 3.14. The average Bonchev–Trinajstić information content (AvgIpc) is 3.01. The van der Waals surface area contributed by atoms with Gasteiger partial charge in [0.05, 0.1) is 5.39 Å². The zero-order valence-corrected chi connectivity index (χ0v) is 16.7. The van der Waals surface area contributed by atoms with Crippen LogP contribution in [0.4, 0.5) is 0 Å². The summed E-state index contributed by atoms with van der Waals surface area (Å²) in [6, 6.07) is 9.83. The highest BCUT2D eigenvalue weighted by Gasteiger charge is 2.21. The van der Waals surface area contributed by atoms with Crippen LogP contribution in [0.2, 0.25) is 0 Å². The molecule has 0 saturated heterocycles. The topological polar surface area (TPSA) is 101 Å². The van der Waals surface area contributed by atoms with E-state index in [2.05, 4.69) is 15.3 Å². The van der Waals surface area contributed by atoms with Gasteiger partial charge in [0.1, 0.15) is 15.5 Å². The van der Waals surface area contributed by atoms with Crippen LogP contribution < -0.4 is 10.9 Å². The lowest BCUT2D eigenvalue weighted by Crippen LogP contribution is -2.31. The number of nitrogens with one attached hydrogen (secondary N) is 2. The summed E-state index contributed by atoms with van der Waals surface area (Å²) in [4.78, 5) is 44.1. The van der Waals surface area contributed by atoms with Gasteiger partial charge in [-0.15, -0.1) is 11.3 Å². The Bertz CT molecular complexity index is 1070. The predicted molar refractivity (Wildman–Crippen MR) is 108 cm³/mol. The van der Waals surface area contributed by atoms with E-state index in [-0.39, 0.29) is 28.9 Å². The molecule has 0 bridgehead atoms. The van der Waals surface area contributed by atoms with Gasteiger partial charge in [0.2, 0.25) is 0 Å². The molecular weight excluding hydrogens is 378 g/mol. The number of aryl methyl sites for hydroxylation is 2. The summed E-state index contributed by atoms with van der Waals surface area (Å²) in [6.07, 6.45) is 0. The van der Waals surface area contributed by atoms with Crippen molar-refractivity contribution in [1.29, 1.82) is 0 Å². The standard InChI is InChI=1S/C20H21N3O4S/c1-11(14-7-5-4-6-8-14)9-21-15(24)10-27-20(26)17-12(2)16-18(25)22-13(3)23-19(16)28-17/h4-8,11H,9-10H2,1-3H3,(H,21,24)(H,22,23,25)/t11-/m0/s1. The molecule has 0 aliphatic heterocycles. The minimum absolute atomic E-state index is 0.145. The molecule has 8 heteroatoms. The minimum atomic E-state index is -0.635. The summed E-state index contributed by atoms with van der Waals surface area (Å²) in [5.74, 6) is -0.386. The van der Waals surface area contributed by atoms with Crippen LogP contribution in [-0.4, -0.2) is 35.0 Å². The predicted octanol–water partition coefficient (Wildman–Crippen LogP) is 2.68. The molecule has 7 nitrogen and oxygen atoms in total. The molecule has 0 radical (unpaired) electrons. The molecule has 1 amide bonds. The molecular formula is C20H21N3O4S.